The van der Waals surface area contributed by atoms with Crippen LogP contribution in [0.5, 0.6) is 0 Å². The minimum atomic E-state index is -5.26. The Hall–Kier alpha value is -6.73. The number of phosphoric acid groups is 1. The average Bonchev–Trinajstić information content (AvgIpc) is 1.53. The van der Waals surface area contributed by atoms with Crippen molar-refractivity contribution < 1.29 is 109 Å². The summed E-state index contributed by atoms with van der Waals surface area (Å²) in [5.74, 6) is -8.11. The highest BCUT2D eigenvalue weighted by Gasteiger charge is 2.68. The monoisotopic (exact) mass is 1290 g/mol. The van der Waals surface area contributed by atoms with Gasteiger partial charge in [-0.1, -0.05) is 23.6 Å². The van der Waals surface area contributed by atoms with Crippen molar-refractivity contribution in [2.75, 3.05) is 26.1 Å². The molecule has 5 N–H and O–H groups in total. The van der Waals surface area contributed by atoms with Crippen molar-refractivity contribution in [2.24, 2.45) is 11.3 Å². The van der Waals surface area contributed by atoms with E-state index in [1.54, 1.807) is 0 Å². The average molecular weight is 1290 g/mol. The Balaban J connectivity index is 1.24. The molecular weight excluding hydrogens is 1250 g/mol. The summed E-state index contributed by atoms with van der Waals surface area (Å²) in [6.07, 6.45) is -12.7. The number of aliphatic carboxylic acids is 1. The van der Waals surface area contributed by atoms with Crippen LogP contribution >= 0.6 is 19.4 Å². The molecule has 3 amide bonds. The third-order valence-corrected chi connectivity index (χ3v) is 17.6. The zero-order valence-corrected chi connectivity index (χ0v) is 47.3. The van der Waals surface area contributed by atoms with E-state index in [1.165, 1.54) is 13.8 Å². The summed E-state index contributed by atoms with van der Waals surface area (Å²) in [6.45, 7) is -5.02. The Kier molecular flexibility index (Phi) is 17.5. The lowest BCUT2D eigenvalue weighted by Crippen LogP contribution is -2.42. The lowest BCUT2D eigenvalue weighted by molar-refractivity contribution is -0.143. The van der Waals surface area contributed by atoms with Crippen LogP contribution in [0.25, 0.3) is 22.0 Å². The van der Waals surface area contributed by atoms with Crippen molar-refractivity contribution in [3.05, 3.63) is 98.7 Å². The van der Waals surface area contributed by atoms with E-state index < -0.39 is 207 Å². The van der Waals surface area contributed by atoms with E-state index in [9.17, 15) is 81.2 Å². The Morgan fingerprint density at radius 2 is 1.65 bits per heavy atom. The van der Waals surface area contributed by atoms with Crippen molar-refractivity contribution in [3.63, 3.8) is 0 Å². The first-order valence-corrected chi connectivity index (χ1v) is 29.6. The van der Waals surface area contributed by atoms with Crippen molar-refractivity contribution in [2.45, 2.75) is 101 Å². The first kappa shape index (κ1) is 64.3. The molecule has 460 valence electrons. The van der Waals surface area contributed by atoms with Crippen LogP contribution in [0.4, 0.5) is 48.7 Å². The van der Waals surface area contributed by atoms with Crippen LogP contribution in [-0.4, -0.2) is 127 Å². The molecule has 3 aromatic heterocycles. The van der Waals surface area contributed by atoms with Crippen molar-refractivity contribution >= 4 is 75.3 Å². The number of carbonyl (C=O) groups is 4. The number of alkyl halides is 8. The number of fused-ring (bicyclic) bond motifs is 4. The number of benzene rings is 2. The molecule has 3 aliphatic carbocycles. The highest BCUT2D eigenvalue weighted by Crippen LogP contribution is 2.68. The third kappa shape index (κ3) is 14.6. The number of nitrogens with one attached hydrogen (secondary N) is 1. The molecule has 3 aliphatic rings. The van der Waals surface area contributed by atoms with Gasteiger partial charge in [-0.15, -0.1) is 0 Å². The molecule has 2 saturated carbocycles. The molecule has 0 bridgehead atoms. The van der Waals surface area contributed by atoms with Gasteiger partial charge in [-0.2, -0.15) is 45.3 Å². The van der Waals surface area contributed by atoms with Gasteiger partial charge in [-0.3, -0.25) is 33.2 Å². The minimum absolute atomic E-state index is 0.0676. The topological polar surface area (TPSA) is 303 Å². The molecule has 0 aliphatic heterocycles. The maximum atomic E-state index is 15.7. The van der Waals surface area contributed by atoms with Crippen LogP contribution < -0.4 is 5.32 Å². The maximum absolute atomic E-state index is 15.7. The number of carbonyl (C=O) groups excluding carboxylic acids is 3. The summed E-state index contributed by atoms with van der Waals surface area (Å²) in [7, 11) is -9.12. The molecule has 2 unspecified atom stereocenters. The van der Waals surface area contributed by atoms with E-state index in [1.807, 2.05) is 0 Å². The molecule has 5 aromatic rings. The van der Waals surface area contributed by atoms with Crippen LogP contribution in [0, 0.1) is 34.8 Å². The number of phosphoric ester groups is 1. The van der Waals surface area contributed by atoms with Crippen LogP contribution in [0.2, 0.25) is 5.02 Å². The first-order chi connectivity index (χ1) is 39.2. The number of pyridine rings is 1. The maximum Gasteiger partial charge on any atom is 0.472 e. The summed E-state index contributed by atoms with van der Waals surface area (Å²) in [5, 5.41) is 18.5. The first-order valence-electron chi connectivity index (χ1n) is 24.7. The van der Waals surface area contributed by atoms with Gasteiger partial charge < -0.3 is 24.9 Å². The smallest absolute Gasteiger partial charge is 0.472 e. The van der Waals surface area contributed by atoms with Gasteiger partial charge in [0.2, 0.25) is 18.6 Å². The molecule has 3 heterocycles. The second-order valence-electron chi connectivity index (χ2n) is 20.9. The number of aromatic nitrogens is 5. The fraction of sp³-hybridized carbons (Fsp3) is 0.449. The zero-order valence-electron chi connectivity index (χ0n) is 44.0. The fourth-order valence-electron chi connectivity index (χ4n) is 9.79. The molecule has 36 heteroatoms. The normalized spacial score (nSPS) is 17.7. The van der Waals surface area contributed by atoms with Gasteiger partial charge in [0, 0.05) is 53.3 Å². The lowest BCUT2D eigenvalue weighted by Gasteiger charge is -2.27. The summed E-state index contributed by atoms with van der Waals surface area (Å²) in [6, 6.07) is 4.67. The van der Waals surface area contributed by atoms with Crippen molar-refractivity contribution in [3.8, 4) is 23.0 Å². The van der Waals surface area contributed by atoms with Gasteiger partial charge in [0.05, 0.1) is 34.5 Å². The van der Waals surface area contributed by atoms with Gasteiger partial charge in [-0.25, -0.2) is 44.6 Å². The molecule has 8 rings (SSSR count). The Morgan fingerprint density at radius 3 is 2.22 bits per heavy atom. The highest BCUT2D eigenvalue weighted by atomic mass is 35.5. The number of halogens is 11. The van der Waals surface area contributed by atoms with E-state index in [4.69, 9.17) is 21.4 Å². The standard InChI is InChI=1S/C49H46ClF10N8O14PS2/c1-45(2,85(3,79)80)9-8-27-4-5-28(40(61-27)33(14-24-12-25(51)15-26(52)13-24)62-35(69)19-66-43-38(42(64-66)49(58,59)60)30-16-31(30)48(43,56)57)29-6-7-32(50)39-34(63-67(41(29)39)22-47(53,54)55)18-68(84(77)78)36(70)17-46(10-11-46)21-65(20-37(71)72)44(73)81-23-82-83(74,75)76/h4-7,12-13,15,30-31,33H,10-11,14,16-23H2,1-3H3,(H,62,69)(H,71,72)(H,77,78)(H2,74,75,76)/t30-,31+,33?/m0/s1. The summed E-state index contributed by atoms with van der Waals surface area (Å²) >= 11 is 3.38. The van der Waals surface area contributed by atoms with Crippen LogP contribution in [-0.2, 0) is 87.5 Å². The van der Waals surface area contributed by atoms with Crippen molar-refractivity contribution in [1.82, 2.24) is 39.1 Å². The number of rotatable bonds is 21. The van der Waals surface area contributed by atoms with Crippen LogP contribution in [0.1, 0.15) is 91.1 Å². The quantitative estimate of drug-likeness (QED) is 0.0156. The number of nitrogens with zero attached hydrogens (tertiary/aromatic N) is 7. The lowest BCUT2D eigenvalue weighted by atomic mass is 9.93. The molecule has 22 nitrogen and oxygen atoms in total. The molecule has 85 heavy (non-hydrogen) atoms. The van der Waals surface area contributed by atoms with Crippen LogP contribution in [0.3, 0.4) is 0 Å². The number of amides is 3. The Morgan fingerprint density at radius 1 is 1.00 bits per heavy atom. The van der Waals surface area contributed by atoms with E-state index in [0.29, 0.717) is 15.6 Å². The minimum Gasteiger partial charge on any atom is -0.480 e. The molecule has 2 fully saturated rings. The molecular formula is C49H46ClF10N8O14PS2. The van der Waals surface area contributed by atoms with Gasteiger partial charge in [0.1, 0.15) is 47.4 Å². The Labute approximate surface area is 481 Å². The van der Waals surface area contributed by atoms with Crippen molar-refractivity contribution in [1.29, 1.82) is 0 Å². The second-order valence-corrected chi connectivity index (χ2v) is 26.0. The summed E-state index contributed by atoms with van der Waals surface area (Å²) in [4.78, 5) is 75.7. The van der Waals surface area contributed by atoms with E-state index in [0.717, 1.165) is 42.7 Å². The van der Waals surface area contributed by atoms with Gasteiger partial charge in [0.15, 0.2) is 15.5 Å². The third-order valence-electron chi connectivity index (χ3n) is 14.2. The molecule has 0 radical (unpaired) electrons. The summed E-state index contributed by atoms with van der Waals surface area (Å²) in [5.41, 5.74) is -7.92. The van der Waals surface area contributed by atoms with Gasteiger partial charge in [0.25, 0.3) is 17.2 Å². The second kappa shape index (κ2) is 23.2. The Bertz CT molecular complexity index is 3790. The van der Waals surface area contributed by atoms with Gasteiger partial charge >= 0.3 is 32.2 Å². The van der Waals surface area contributed by atoms with E-state index in [2.05, 4.69) is 41.6 Å². The zero-order chi connectivity index (χ0) is 62.9. The van der Waals surface area contributed by atoms with Gasteiger partial charge in [-0.05, 0) is 92.7 Å². The number of hydrogen-bond donors (Lipinski definition) is 5. The summed E-state index contributed by atoms with van der Waals surface area (Å²) < 4.78 is 216. The molecule has 0 spiro atoms. The number of carboxylic acid groups (broad SMARTS) is 1. The fourth-order valence-corrected chi connectivity index (χ4v) is 11.0. The highest BCUT2D eigenvalue weighted by molar-refractivity contribution is 7.92. The molecule has 4 atom stereocenters. The largest absolute Gasteiger partial charge is 0.480 e. The number of sulfone groups is 1. The van der Waals surface area contributed by atoms with E-state index >= 15 is 8.78 Å². The molecule has 0 saturated heterocycles. The number of ether oxygens (including phenoxy) is 1. The predicted octanol–water partition coefficient (Wildman–Crippen LogP) is 7.52. The predicted molar refractivity (Wildman–Crippen MR) is 274 cm³/mol. The van der Waals surface area contributed by atoms with E-state index in [-0.39, 0.29) is 50.6 Å². The molecule has 2 aromatic carbocycles. The van der Waals surface area contributed by atoms with Crippen LogP contribution in [0.15, 0.2) is 42.5 Å². The number of carboxylic acids is 1. The number of hydrogen-bond acceptors (Lipinski definition) is 13. The SMILES string of the molecule is CC(C)(C#Cc1ccc(-c2ccc(Cl)c3c(CN(C(=O)CC4(CN(CC(=O)O)C(=O)OCOP(=O)(O)O)CC4)S(=O)O)nn(CC(F)(F)F)c23)c(C(Cc2cc(F)cc(F)c2)NC(=O)Cn2nc(C(F)(F)F)c3c2C(F)(F)[C@@H]2C[C@H]32)n1)S(C)(=O)=O.